The van der Waals surface area contributed by atoms with Crippen LogP contribution in [0.4, 0.5) is 0 Å². The molecule has 1 aliphatic heterocycles. The highest BCUT2D eigenvalue weighted by Crippen LogP contribution is 2.47. The summed E-state index contributed by atoms with van der Waals surface area (Å²) in [5, 5.41) is 9.62. The van der Waals surface area contributed by atoms with Gasteiger partial charge in [0.2, 0.25) is 0 Å². The number of carboxylic acid groups (broad SMARTS) is 1. The summed E-state index contributed by atoms with van der Waals surface area (Å²) in [6.45, 7) is 1.74. The molecule has 22 heavy (non-hydrogen) atoms. The van der Waals surface area contributed by atoms with Crippen LogP contribution in [-0.4, -0.2) is 16.3 Å². The van der Waals surface area contributed by atoms with Crippen molar-refractivity contribution in [1.82, 2.24) is 0 Å². The van der Waals surface area contributed by atoms with E-state index in [0.29, 0.717) is 0 Å². The Morgan fingerprint density at radius 1 is 1.32 bits per heavy atom. The number of carboxylic acids is 1. The Kier molecular flexibility index (Phi) is 4.71. The molecule has 2 aromatic rings. The van der Waals surface area contributed by atoms with Crippen molar-refractivity contribution in [2.45, 2.75) is 33.6 Å². The van der Waals surface area contributed by atoms with Gasteiger partial charge in [0, 0.05) is 20.1 Å². The summed E-state index contributed by atoms with van der Waals surface area (Å²) in [5.74, 6) is -0.773. The van der Waals surface area contributed by atoms with Gasteiger partial charge in [-0.25, -0.2) is 0 Å². The number of fused-ring (bicyclic) bond motifs is 2. The lowest BCUT2D eigenvalue weighted by Gasteiger charge is -2.19. The minimum Gasteiger partial charge on any atom is -0.480 e. The molecule has 2 atom stereocenters. The third-order valence-corrected chi connectivity index (χ3v) is 6.43. The highest BCUT2D eigenvalue weighted by Gasteiger charge is 2.26. The number of hydrogen-bond donors (Lipinski definition) is 1. The van der Waals surface area contributed by atoms with Gasteiger partial charge in [0.25, 0.3) is 0 Å². The van der Waals surface area contributed by atoms with Crippen LogP contribution in [0.5, 0.6) is 0 Å². The van der Waals surface area contributed by atoms with Crippen LogP contribution in [0, 0.1) is 0 Å². The molecule has 1 heterocycles. The van der Waals surface area contributed by atoms with Crippen molar-refractivity contribution >= 4 is 41.1 Å². The third-order valence-electron chi connectivity index (χ3n) is 3.63. The Morgan fingerprint density at radius 3 is 2.86 bits per heavy atom. The van der Waals surface area contributed by atoms with Gasteiger partial charge in [0.05, 0.1) is 0 Å². The van der Waals surface area contributed by atoms with Crippen molar-refractivity contribution in [2.75, 3.05) is 0 Å². The molecule has 114 valence electrons. The molecule has 0 amide bonds. The lowest BCUT2D eigenvalue weighted by atomic mass is 10.0. The first kappa shape index (κ1) is 15.8. The second-order valence-electron chi connectivity index (χ2n) is 5.20. The van der Waals surface area contributed by atoms with Gasteiger partial charge in [-0.1, -0.05) is 41.6 Å². The summed E-state index contributed by atoms with van der Waals surface area (Å²) >= 11 is 9.36. The number of aliphatic carboxylic acids is 1. The molecule has 2 aromatic carbocycles. The van der Waals surface area contributed by atoms with E-state index in [0.717, 1.165) is 11.4 Å². The fourth-order valence-electron chi connectivity index (χ4n) is 2.50. The van der Waals surface area contributed by atoms with E-state index in [1.807, 2.05) is 30.3 Å². The molecule has 3 rings (SSSR count). The number of benzene rings is 2. The van der Waals surface area contributed by atoms with Gasteiger partial charge >= 0.3 is 5.97 Å². The van der Waals surface area contributed by atoms with Crippen LogP contribution >= 0.6 is 35.1 Å². The van der Waals surface area contributed by atoms with Crippen LogP contribution in [0.1, 0.15) is 23.3 Å². The first-order chi connectivity index (χ1) is 10.5. The van der Waals surface area contributed by atoms with Crippen molar-refractivity contribution in [3.8, 4) is 0 Å². The molecule has 1 aliphatic rings. The van der Waals surface area contributed by atoms with Crippen molar-refractivity contribution < 1.29 is 9.90 Å². The SMILES string of the molecule is C[C@H](S[C@@H]1Cc2cc(Cl)ccc2Sc2ccccc21)C(=O)O. The molecular formula is C17H15ClO2S2. The molecule has 0 fully saturated rings. The van der Waals surface area contributed by atoms with E-state index in [2.05, 4.69) is 12.1 Å². The molecule has 0 unspecified atom stereocenters. The maximum absolute atomic E-state index is 11.2. The Hall–Kier alpha value is -1.10. The van der Waals surface area contributed by atoms with Gasteiger partial charge in [-0.2, -0.15) is 0 Å². The molecule has 0 aliphatic carbocycles. The van der Waals surface area contributed by atoms with E-state index < -0.39 is 11.2 Å². The molecule has 5 heteroatoms. The number of rotatable bonds is 3. The van der Waals surface area contributed by atoms with Crippen LogP contribution < -0.4 is 0 Å². The van der Waals surface area contributed by atoms with Gasteiger partial charge in [-0.3, -0.25) is 4.79 Å². The van der Waals surface area contributed by atoms with Gasteiger partial charge in [0.15, 0.2) is 0 Å². The number of thioether (sulfide) groups is 1. The Bertz CT molecular complexity index is 718. The molecule has 0 saturated carbocycles. The van der Waals surface area contributed by atoms with E-state index >= 15 is 0 Å². The molecular weight excluding hydrogens is 336 g/mol. The van der Waals surface area contributed by atoms with Gasteiger partial charge in [-0.15, -0.1) is 11.8 Å². The van der Waals surface area contributed by atoms with E-state index in [4.69, 9.17) is 11.6 Å². The Balaban J connectivity index is 2.02. The van der Waals surface area contributed by atoms with E-state index in [-0.39, 0.29) is 5.25 Å². The van der Waals surface area contributed by atoms with Crippen LogP contribution in [0.15, 0.2) is 52.3 Å². The summed E-state index contributed by atoms with van der Waals surface area (Å²) in [6, 6.07) is 14.2. The summed E-state index contributed by atoms with van der Waals surface area (Å²) in [4.78, 5) is 13.6. The van der Waals surface area contributed by atoms with Gasteiger partial charge < -0.3 is 5.11 Å². The minimum atomic E-state index is -0.773. The fourth-order valence-corrected chi connectivity index (χ4v) is 5.13. The zero-order chi connectivity index (χ0) is 15.7. The average molecular weight is 351 g/mol. The van der Waals surface area contributed by atoms with Crippen LogP contribution in [-0.2, 0) is 11.2 Å². The maximum Gasteiger partial charge on any atom is 0.316 e. The number of carbonyl (C=O) groups is 1. The summed E-state index contributed by atoms with van der Waals surface area (Å²) in [7, 11) is 0. The van der Waals surface area contributed by atoms with E-state index in [1.165, 1.54) is 32.7 Å². The van der Waals surface area contributed by atoms with Crippen LogP contribution in [0.3, 0.4) is 0 Å². The number of hydrogen-bond acceptors (Lipinski definition) is 3. The lowest BCUT2D eigenvalue weighted by molar-refractivity contribution is -0.136. The van der Waals surface area contributed by atoms with Crippen molar-refractivity contribution in [2.24, 2.45) is 0 Å². The van der Waals surface area contributed by atoms with E-state index in [9.17, 15) is 9.90 Å². The number of halogens is 1. The molecule has 1 N–H and O–H groups in total. The predicted molar refractivity (Wildman–Crippen MR) is 93.2 cm³/mol. The summed E-state index contributed by atoms with van der Waals surface area (Å²) in [5.41, 5.74) is 2.39. The Labute approximate surface area is 143 Å². The second-order valence-corrected chi connectivity index (χ2v) is 8.27. The van der Waals surface area contributed by atoms with E-state index in [1.54, 1.807) is 18.7 Å². The quantitative estimate of drug-likeness (QED) is 0.815. The molecule has 0 aromatic heterocycles. The van der Waals surface area contributed by atoms with Crippen LogP contribution in [0.25, 0.3) is 0 Å². The largest absolute Gasteiger partial charge is 0.480 e. The van der Waals surface area contributed by atoms with Crippen molar-refractivity contribution in [3.63, 3.8) is 0 Å². The predicted octanol–water partition coefficient (Wildman–Crippen LogP) is 5.29. The standard InChI is InChI=1S/C17H15ClO2S2/c1-10(17(19)20)21-16-9-11-8-12(18)6-7-14(11)22-15-5-3-2-4-13(15)16/h2-8,10,16H,9H2,1H3,(H,19,20)/t10-,16+/m0/s1. The highest BCUT2D eigenvalue weighted by molar-refractivity contribution is 8.01. The molecule has 0 bridgehead atoms. The second kappa shape index (κ2) is 6.57. The first-order valence-corrected chi connectivity index (χ1v) is 9.12. The van der Waals surface area contributed by atoms with Gasteiger partial charge in [-0.05, 0) is 48.7 Å². The lowest BCUT2D eigenvalue weighted by Crippen LogP contribution is -2.14. The minimum absolute atomic E-state index is 0.120. The summed E-state index contributed by atoms with van der Waals surface area (Å²) < 4.78 is 0. The smallest absolute Gasteiger partial charge is 0.316 e. The molecule has 0 radical (unpaired) electrons. The first-order valence-electron chi connectivity index (χ1n) is 6.98. The normalized spacial score (nSPS) is 18.0. The van der Waals surface area contributed by atoms with Crippen molar-refractivity contribution in [1.29, 1.82) is 0 Å². The van der Waals surface area contributed by atoms with Crippen LogP contribution in [0.2, 0.25) is 5.02 Å². The third kappa shape index (κ3) is 3.29. The zero-order valence-corrected chi connectivity index (χ0v) is 14.3. The summed E-state index contributed by atoms with van der Waals surface area (Å²) in [6.07, 6.45) is 0.794. The highest BCUT2D eigenvalue weighted by atomic mass is 35.5. The Morgan fingerprint density at radius 2 is 2.09 bits per heavy atom. The topological polar surface area (TPSA) is 37.3 Å². The average Bonchev–Trinajstić information content (AvgIpc) is 2.63. The fraction of sp³-hybridized carbons (Fsp3) is 0.235. The van der Waals surface area contributed by atoms with Gasteiger partial charge in [0.1, 0.15) is 5.25 Å². The van der Waals surface area contributed by atoms with Crippen molar-refractivity contribution in [3.05, 3.63) is 58.6 Å². The molecule has 0 spiro atoms. The molecule has 0 saturated heterocycles. The maximum atomic E-state index is 11.2. The molecule has 2 nitrogen and oxygen atoms in total. The zero-order valence-electron chi connectivity index (χ0n) is 12.0. The monoisotopic (exact) mass is 350 g/mol.